The van der Waals surface area contributed by atoms with E-state index in [1.807, 2.05) is 12.1 Å². The molecule has 0 fully saturated rings. The lowest BCUT2D eigenvalue weighted by molar-refractivity contribution is 0.671. The molecule has 1 heterocycles. The smallest absolute Gasteiger partial charge is 0.130 e. The van der Waals surface area contributed by atoms with Crippen LogP contribution in [0.5, 0.6) is 0 Å². The molecule has 3 nitrogen and oxygen atoms in total. The molecular formula is C12H13ClN2OS2. The third kappa shape index (κ3) is 3.11. The first-order valence-electron chi connectivity index (χ1n) is 5.69. The molecule has 1 aliphatic rings. The quantitative estimate of drug-likeness (QED) is 0.730. The lowest BCUT2D eigenvalue weighted by atomic mass is 10.1. The predicted molar refractivity (Wildman–Crippen MR) is 75.4 cm³/mol. The summed E-state index contributed by atoms with van der Waals surface area (Å²) in [6.07, 6.45) is 4.96. The summed E-state index contributed by atoms with van der Waals surface area (Å²) in [6.45, 7) is 2.12. The number of unbranched alkanes of at least 4 members (excludes halogenated alkanes) is 3. The molecule has 0 aromatic carbocycles. The summed E-state index contributed by atoms with van der Waals surface area (Å²) < 4.78 is 11.1. The van der Waals surface area contributed by atoms with Crippen LogP contribution < -0.4 is 0 Å². The number of nitriles is 2. The predicted octanol–water partition coefficient (Wildman–Crippen LogP) is 3.47. The molecule has 1 atom stereocenters. The van der Waals surface area contributed by atoms with Gasteiger partial charge in [0, 0.05) is 4.91 Å². The average Bonchev–Trinajstić information content (AvgIpc) is 2.65. The van der Waals surface area contributed by atoms with Crippen molar-refractivity contribution in [3.8, 4) is 12.1 Å². The molecule has 0 radical (unpaired) electrons. The summed E-state index contributed by atoms with van der Waals surface area (Å²) in [5.41, 5.74) is 0.344. The van der Waals surface area contributed by atoms with Crippen LogP contribution >= 0.6 is 11.6 Å². The van der Waals surface area contributed by atoms with E-state index in [4.69, 9.17) is 22.1 Å². The molecule has 1 aliphatic heterocycles. The van der Waals surface area contributed by atoms with Gasteiger partial charge in [-0.3, -0.25) is 0 Å². The molecule has 0 aromatic heterocycles. The first-order valence-corrected chi connectivity index (χ1v) is 8.55. The number of hydrogen-bond acceptors (Lipinski definition) is 3. The molecule has 0 N–H and O–H groups in total. The Bertz CT molecular complexity index is 545. The van der Waals surface area contributed by atoms with Crippen molar-refractivity contribution in [2.45, 2.75) is 39.0 Å². The van der Waals surface area contributed by atoms with Gasteiger partial charge < -0.3 is 0 Å². The highest BCUT2D eigenvalue weighted by molar-refractivity contribution is 8.35. The molecule has 0 amide bonds. The lowest BCUT2D eigenvalue weighted by Gasteiger charge is -2.04. The van der Waals surface area contributed by atoms with E-state index in [-0.39, 0.29) is 9.94 Å². The number of allylic oxidation sites excluding steroid dienone is 4. The summed E-state index contributed by atoms with van der Waals surface area (Å²) >= 11 is 5.98. The number of rotatable bonds is 5. The van der Waals surface area contributed by atoms with Gasteiger partial charge in [-0.2, -0.15) is 10.5 Å². The minimum Gasteiger partial charge on any atom is -0.205 e. The summed E-state index contributed by atoms with van der Waals surface area (Å²) in [6, 6.07) is 3.98. The van der Waals surface area contributed by atoms with E-state index >= 15 is 0 Å². The fraction of sp³-hybridized carbons (Fsp3) is 0.500. The maximum Gasteiger partial charge on any atom is 0.130 e. The highest BCUT2D eigenvalue weighted by Gasteiger charge is 2.28. The fourth-order valence-electron chi connectivity index (χ4n) is 1.74. The zero-order valence-corrected chi connectivity index (χ0v) is 12.4. The maximum absolute atomic E-state index is 11.1. The minimum absolute atomic E-state index is 0.178. The van der Waals surface area contributed by atoms with Gasteiger partial charge in [-0.05, 0) is 22.3 Å². The van der Waals surface area contributed by atoms with E-state index in [9.17, 15) is 4.21 Å². The molecule has 0 saturated heterocycles. The average molecular weight is 301 g/mol. The van der Waals surface area contributed by atoms with Crippen LogP contribution in [-0.2, 0) is 19.7 Å². The zero-order valence-electron chi connectivity index (χ0n) is 10.0. The zero-order chi connectivity index (χ0) is 13.5. The van der Waals surface area contributed by atoms with Crippen molar-refractivity contribution in [1.82, 2.24) is 0 Å². The second kappa shape index (κ2) is 7.53. The van der Waals surface area contributed by atoms with Gasteiger partial charge >= 0.3 is 0 Å². The van der Waals surface area contributed by atoms with Crippen molar-refractivity contribution in [2.24, 2.45) is 0 Å². The Hall–Kier alpha value is -0.880. The van der Waals surface area contributed by atoms with Gasteiger partial charge in [-0.15, -0.1) is 0 Å². The molecule has 1 rings (SSSR count). The Kier molecular flexibility index (Phi) is 6.35. The molecule has 0 saturated carbocycles. The third-order valence-corrected chi connectivity index (χ3v) is 6.31. The van der Waals surface area contributed by atoms with Crippen LogP contribution in [0.2, 0.25) is 0 Å². The van der Waals surface area contributed by atoms with E-state index in [2.05, 4.69) is 6.92 Å². The molecule has 18 heavy (non-hydrogen) atoms. The van der Waals surface area contributed by atoms with Crippen LogP contribution in [0.4, 0.5) is 0 Å². The van der Waals surface area contributed by atoms with Gasteiger partial charge in [0.1, 0.15) is 27.3 Å². The van der Waals surface area contributed by atoms with Crippen molar-refractivity contribution in [3.05, 3.63) is 20.4 Å². The van der Waals surface area contributed by atoms with E-state index in [1.54, 1.807) is 0 Å². The molecule has 0 spiro atoms. The first-order chi connectivity index (χ1) is 8.71. The number of nitrogens with zero attached hydrogens (tertiary/aromatic N) is 2. The van der Waals surface area contributed by atoms with Crippen LogP contribution in [0.3, 0.4) is 0 Å². The number of halogens is 1. The van der Waals surface area contributed by atoms with Gasteiger partial charge in [0.15, 0.2) is 0 Å². The molecule has 1 unspecified atom stereocenters. The highest BCUT2D eigenvalue weighted by Crippen LogP contribution is 2.37. The molecule has 0 aliphatic carbocycles. The summed E-state index contributed by atoms with van der Waals surface area (Å²) in [5, 5.41) is 18.3. The highest BCUT2D eigenvalue weighted by atomic mass is 35.5. The molecule has 0 aromatic rings. The standard InChI is InChI=1S/C12H13ClN2OS2/c1-2-3-4-5-6-10-9(7-14)12(13)11(8-15)18(10)17-16/h2-6H2,1H3. The van der Waals surface area contributed by atoms with Gasteiger partial charge in [0.2, 0.25) is 0 Å². The van der Waals surface area contributed by atoms with Gasteiger partial charge in [-0.25, -0.2) is 4.21 Å². The Balaban J connectivity index is 2.97. The molecule has 0 bridgehead atoms. The SMILES string of the molecule is CCCCCCC1=C(C#N)C(Cl)=C(C#N)S1=S=O. The summed E-state index contributed by atoms with van der Waals surface area (Å²) in [5.74, 6) is 0. The Morgan fingerprint density at radius 3 is 2.50 bits per heavy atom. The number of hydrogen-bond donors (Lipinski definition) is 0. The van der Waals surface area contributed by atoms with Crippen molar-refractivity contribution in [1.29, 1.82) is 10.5 Å². The van der Waals surface area contributed by atoms with Crippen molar-refractivity contribution >= 4 is 31.3 Å². The summed E-state index contributed by atoms with van der Waals surface area (Å²) in [7, 11) is -0.507. The van der Waals surface area contributed by atoms with Gasteiger partial charge in [-0.1, -0.05) is 37.8 Å². The van der Waals surface area contributed by atoms with E-state index in [0.717, 1.165) is 30.6 Å². The van der Waals surface area contributed by atoms with Crippen molar-refractivity contribution in [3.63, 3.8) is 0 Å². The lowest BCUT2D eigenvalue weighted by Crippen LogP contribution is -1.94. The van der Waals surface area contributed by atoms with E-state index in [1.165, 1.54) is 0 Å². The van der Waals surface area contributed by atoms with Crippen molar-refractivity contribution in [2.75, 3.05) is 0 Å². The van der Waals surface area contributed by atoms with Gasteiger partial charge in [0.05, 0.1) is 10.6 Å². The molecular weight excluding hydrogens is 288 g/mol. The van der Waals surface area contributed by atoms with Crippen LogP contribution in [0.15, 0.2) is 20.4 Å². The Labute approximate surface area is 117 Å². The maximum atomic E-state index is 11.1. The first kappa shape index (κ1) is 15.2. The second-order valence-electron chi connectivity index (χ2n) is 3.81. The third-order valence-electron chi connectivity index (χ3n) is 2.65. The fourth-order valence-corrected chi connectivity index (χ4v) is 5.08. The monoisotopic (exact) mass is 300 g/mol. The van der Waals surface area contributed by atoms with Crippen LogP contribution in [0.25, 0.3) is 0 Å². The molecule has 6 heteroatoms. The van der Waals surface area contributed by atoms with E-state index in [0.29, 0.717) is 22.2 Å². The van der Waals surface area contributed by atoms with Crippen LogP contribution in [0.1, 0.15) is 39.0 Å². The summed E-state index contributed by atoms with van der Waals surface area (Å²) in [4.78, 5) is 1.02. The molecule has 96 valence electrons. The van der Waals surface area contributed by atoms with E-state index < -0.39 is 9.45 Å². The normalized spacial score (nSPS) is 18.8. The Morgan fingerprint density at radius 2 is 2.00 bits per heavy atom. The second-order valence-corrected chi connectivity index (χ2v) is 7.17. The topological polar surface area (TPSA) is 64.7 Å². The van der Waals surface area contributed by atoms with Crippen molar-refractivity contribution < 1.29 is 4.21 Å². The van der Waals surface area contributed by atoms with Crippen LogP contribution in [-0.4, -0.2) is 4.21 Å². The largest absolute Gasteiger partial charge is 0.205 e. The van der Waals surface area contributed by atoms with Gasteiger partial charge in [0.25, 0.3) is 0 Å². The Morgan fingerprint density at radius 1 is 1.28 bits per heavy atom. The van der Waals surface area contributed by atoms with Crippen LogP contribution in [0, 0.1) is 22.7 Å². The minimum atomic E-state index is -0.871.